The summed E-state index contributed by atoms with van der Waals surface area (Å²) in [5.41, 5.74) is 9.88. The number of halogens is 1. The number of hydrogen-bond donors (Lipinski definition) is 1. The Kier molecular flexibility index (Phi) is 5.64. The van der Waals surface area contributed by atoms with Crippen molar-refractivity contribution in [2.24, 2.45) is 0 Å². The van der Waals surface area contributed by atoms with Crippen LogP contribution in [-0.4, -0.2) is 52.6 Å². The molecule has 0 bridgehead atoms. The number of anilines is 1. The third-order valence-electron chi connectivity index (χ3n) is 6.26. The number of likely N-dealkylation sites (N-methyl/N-ethyl adjacent to an activating group) is 1. The van der Waals surface area contributed by atoms with Gasteiger partial charge in [-0.1, -0.05) is 6.07 Å². The Bertz CT molecular complexity index is 1090. The first-order chi connectivity index (χ1) is 15.0. The van der Waals surface area contributed by atoms with Crippen LogP contribution in [0.4, 0.5) is 5.69 Å². The number of benzene rings is 2. The Morgan fingerprint density at radius 3 is 2.47 bits per heavy atom. The third-order valence-corrected chi connectivity index (χ3v) is 6.26. The van der Waals surface area contributed by atoms with Crippen molar-refractivity contribution in [3.63, 3.8) is 0 Å². The van der Waals surface area contributed by atoms with E-state index in [-0.39, 0.29) is 25.2 Å². The summed E-state index contributed by atoms with van der Waals surface area (Å²) in [6, 6.07) is 3.29. The molecule has 172 valence electrons. The van der Waals surface area contributed by atoms with Gasteiger partial charge in [0.1, 0.15) is 11.7 Å². The van der Waals surface area contributed by atoms with Crippen LogP contribution in [0.1, 0.15) is 39.2 Å². The number of carbonyl (C=O) groups excluding carboxylic acids is 1. The summed E-state index contributed by atoms with van der Waals surface area (Å²) in [5.74, 6) is 1.93. The Balaban J connectivity index is 0.00000245. The van der Waals surface area contributed by atoms with Crippen molar-refractivity contribution >= 4 is 24.1 Å². The Morgan fingerprint density at radius 1 is 1.06 bits per heavy atom. The summed E-state index contributed by atoms with van der Waals surface area (Å²) >= 11 is 0. The quantitative estimate of drug-likeness (QED) is 0.540. The minimum absolute atomic E-state index is 0. The molecule has 3 aliphatic heterocycles. The van der Waals surface area contributed by atoms with Gasteiger partial charge in [-0.3, -0.25) is 4.90 Å². The number of rotatable bonds is 4. The van der Waals surface area contributed by atoms with Crippen LogP contribution in [0.2, 0.25) is 0 Å². The number of methoxy groups -OCH3 is 3. The molecule has 9 nitrogen and oxygen atoms in total. The summed E-state index contributed by atoms with van der Waals surface area (Å²) in [7, 11) is 6.61. The van der Waals surface area contributed by atoms with Crippen LogP contribution >= 0.6 is 12.4 Å². The molecule has 0 aromatic heterocycles. The zero-order chi connectivity index (χ0) is 21.9. The van der Waals surface area contributed by atoms with Gasteiger partial charge in [0.25, 0.3) is 0 Å². The summed E-state index contributed by atoms with van der Waals surface area (Å²) in [5, 5.41) is 0. The molecule has 2 atom stereocenters. The first kappa shape index (κ1) is 22.2. The first-order valence-electron chi connectivity index (χ1n) is 9.95. The molecule has 32 heavy (non-hydrogen) atoms. The highest BCUT2D eigenvalue weighted by molar-refractivity contribution is 5.98. The SMILES string of the molecule is COc1ccc2c(c1OC)C(=O)OC2C1c2c(c(N)c3c(c2OC)OCO3)CCN1C.Cl. The first-order valence-corrected chi connectivity index (χ1v) is 9.95. The smallest absolute Gasteiger partial charge is 0.343 e. The van der Waals surface area contributed by atoms with Gasteiger partial charge in [-0.25, -0.2) is 4.79 Å². The molecule has 5 rings (SSSR count). The maximum atomic E-state index is 12.9. The predicted octanol–water partition coefficient (Wildman–Crippen LogP) is 2.89. The van der Waals surface area contributed by atoms with E-state index < -0.39 is 12.1 Å². The Labute approximate surface area is 191 Å². The van der Waals surface area contributed by atoms with Gasteiger partial charge in [-0.15, -0.1) is 12.4 Å². The van der Waals surface area contributed by atoms with Gasteiger partial charge in [0, 0.05) is 17.7 Å². The number of hydrogen-bond acceptors (Lipinski definition) is 9. The number of ether oxygens (including phenoxy) is 6. The lowest BCUT2D eigenvalue weighted by molar-refractivity contribution is 0.00879. The molecule has 2 N–H and O–H groups in total. The summed E-state index contributed by atoms with van der Waals surface area (Å²) in [6.07, 6.45) is 0.126. The van der Waals surface area contributed by atoms with Gasteiger partial charge in [0.2, 0.25) is 12.5 Å². The molecule has 2 aromatic rings. The lowest BCUT2D eigenvalue weighted by Crippen LogP contribution is -2.36. The fraction of sp³-hybridized carbons (Fsp3) is 0.409. The highest BCUT2D eigenvalue weighted by Gasteiger charge is 2.47. The molecular formula is C22H25ClN2O7. The van der Waals surface area contributed by atoms with Crippen molar-refractivity contribution in [1.82, 2.24) is 4.90 Å². The van der Waals surface area contributed by atoms with E-state index in [9.17, 15) is 4.79 Å². The topological polar surface area (TPSA) is 102 Å². The van der Waals surface area contributed by atoms with Crippen LogP contribution in [0.5, 0.6) is 28.7 Å². The van der Waals surface area contributed by atoms with Crippen LogP contribution in [0.3, 0.4) is 0 Å². The molecule has 0 radical (unpaired) electrons. The summed E-state index contributed by atoms with van der Waals surface area (Å²) < 4.78 is 33.8. The minimum atomic E-state index is -0.583. The van der Waals surface area contributed by atoms with E-state index in [0.29, 0.717) is 46.4 Å². The number of cyclic esters (lactones) is 1. The molecule has 2 unspecified atom stereocenters. The van der Waals surface area contributed by atoms with E-state index in [4.69, 9.17) is 34.2 Å². The molecule has 10 heteroatoms. The van der Waals surface area contributed by atoms with Crippen molar-refractivity contribution in [1.29, 1.82) is 0 Å². The summed E-state index contributed by atoms with van der Waals surface area (Å²) in [6.45, 7) is 0.804. The van der Waals surface area contributed by atoms with Crippen molar-refractivity contribution in [2.75, 3.05) is 47.4 Å². The maximum absolute atomic E-state index is 12.9. The molecule has 2 aromatic carbocycles. The van der Waals surface area contributed by atoms with E-state index in [1.54, 1.807) is 13.2 Å². The van der Waals surface area contributed by atoms with Gasteiger partial charge in [0.15, 0.2) is 23.0 Å². The van der Waals surface area contributed by atoms with Crippen molar-refractivity contribution < 1.29 is 33.2 Å². The van der Waals surface area contributed by atoms with E-state index in [2.05, 4.69) is 4.90 Å². The van der Waals surface area contributed by atoms with E-state index in [1.165, 1.54) is 14.2 Å². The zero-order valence-corrected chi connectivity index (χ0v) is 19.0. The number of fused-ring (bicyclic) bond motifs is 3. The zero-order valence-electron chi connectivity index (χ0n) is 18.2. The number of nitrogen functional groups attached to an aromatic ring is 1. The predicted molar refractivity (Wildman–Crippen MR) is 118 cm³/mol. The van der Waals surface area contributed by atoms with Crippen LogP contribution in [0.15, 0.2) is 12.1 Å². The molecule has 0 spiro atoms. The second-order valence-corrected chi connectivity index (χ2v) is 7.67. The largest absolute Gasteiger partial charge is 0.493 e. The fourth-order valence-electron chi connectivity index (χ4n) is 4.87. The molecule has 0 amide bonds. The van der Waals surface area contributed by atoms with Crippen molar-refractivity contribution in [3.8, 4) is 28.7 Å². The average Bonchev–Trinajstić information content (AvgIpc) is 3.39. The summed E-state index contributed by atoms with van der Waals surface area (Å²) in [4.78, 5) is 15.1. The molecule has 0 saturated carbocycles. The lowest BCUT2D eigenvalue weighted by atomic mass is 9.84. The second kappa shape index (κ2) is 8.14. The van der Waals surface area contributed by atoms with Gasteiger partial charge in [-0.05, 0) is 25.1 Å². The van der Waals surface area contributed by atoms with Crippen molar-refractivity contribution in [3.05, 3.63) is 34.4 Å². The standard InChI is InChI=1S/C22H24N2O7.ClH/c1-24-8-7-10-13(19(28-4)21-20(15(10)23)29-9-30-21)16(24)17-11-5-6-12(26-2)18(27-3)14(11)22(25)31-17;/h5-6,16-17H,7-9,23H2,1-4H3;1H. The normalized spacial score (nSPS) is 20.7. The molecular weight excluding hydrogens is 440 g/mol. The maximum Gasteiger partial charge on any atom is 0.343 e. The van der Waals surface area contributed by atoms with E-state index in [1.807, 2.05) is 13.1 Å². The number of esters is 1. The lowest BCUT2D eigenvalue weighted by Gasteiger charge is -2.39. The monoisotopic (exact) mass is 464 g/mol. The average molecular weight is 465 g/mol. The molecule has 3 heterocycles. The van der Waals surface area contributed by atoms with Gasteiger partial charge in [0.05, 0.1) is 33.1 Å². The Hall–Kier alpha value is -3.04. The van der Waals surface area contributed by atoms with Crippen LogP contribution < -0.4 is 29.4 Å². The van der Waals surface area contributed by atoms with Crippen molar-refractivity contribution in [2.45, 2.75) is 18.6 Å². The fourth-order valence-corrected chi connectivity index (χ4v) is 4.87. The second-order valence-electron chi connectivity index (χ2n) is 7.67. The molecule has 0 aliphatic carbocycles. The van der Waals surface area contributed by atoms with Gasteiger partial charge >= 0.3 is 5.97 Å². The van der Waals surface area contributed by atoms with E-state index >= 15 is 0 Å². The number of carbonyl (C=O) groups is 1. The van der Waals surface area contributed by atoms with Crippen LogP contribution in [0.25, 0.3) is 0 Å². The minimum Gasteiger partial charge on any atom is -0.493 e. The van der Waals surface area contributed by atoms with Crippen LogP contribution in [-0.2, 0) is 11.2 Å². The van der Waals surface area contributed by atoms with Gasteiger partial charge < -0.3 is 34.2 Å². The number of nitrogens with two attached hydrogens (primary N) is 1. The van der Waals surface area contributed by atoms with E-state index in [0.717, 1.165) is 23.2 Å². The van der Waals surface area contributed by atoms with Crippen LogP contribution in [0, 0.1) is 0 Å². The molecule has 0 fully saturated rings. The molecule has 0 saturated heterocycles. The van der Waals surface area contributed by atoms with Gasteiger partial charge in [-0.2, -0.15) is 0 Å². The highest BCUT2D eigenvalue weighted by atomic mass is 35.5. The molecule has 3 aliphatic rings. The Morgan fingerprint density at radius 2 is 1.78 bits per heavy atom. The highest BCUT2D eigenvalue weighted by Crippen LogP contribution is 2.57. The number of nitrogens with zero attached hydrogens (tertiary/aromatic N) is 1. The third kappa shape index (κ3) is 2.91.